The van der Waals surface area contributed by atoms with Gasteiger partial charge in [-0.15, -0.1) is 0 Å². The molecule has 0 amide bonds. The van der Waals surface area contributed by atoms with Gasteiger partial charge in [0.25, 0.3) is 0 Å². The Labute approximate surface area is 110 Å². The van der Waals surface area contributed by atoms with Gasteiger partial charge in [0.1, 0.15) is 0 Å². The van der Waals surface area contributed by atoms with Gasteiger partial charge >= 0.3 is 0 Å². The summed E-state index contributed by atoms with van der Waals surface area (Å²) in [5.41, 5.74) is 2.58. The van der Waals surface area contributed by atoms with Gasteiger partial charge in [-0.25, -0.2) is 0 Å². The molecule has 1 aromatic carbocycles. The molecule has 0 aromatic heterocycles. The van der Waals surface area contributed by atoms with Crippen LogP contribution in [0.2, 0.25) is 0 Å². The van der Waals surface area contributed by atoms with Crippen LogP contribution in [0.5, 0.6) is 0 Å². The number of para-hydroxylation sites is 1. The van der Waals surface area contributed by atoms with Gasteiger partial charge in [0.2, 0.25) is 0 Å². The number of aliphatic hydroxyl groups is 1. The minimum atomic E-state index is -0.140. The van der Waals surface area contributed by atoms with Gasteiger partial charge in [-0.05, 0) is 37.9 Å². The molecule has 1 aliphatic heterocycles. The van der Waals surface area contributed by atoms with Crippen LogP contribution in [0, 0.1) is 0 Å². The fraction of sp³-hybridized carbons (Fsp3) is 0.600. The molecule has 0 aliphatic carbocycles. The van der Waals surface area contributed by atoms with Crippen molar-refractivity contribution in [2.75, 3.05) is 31.6 Å². The molecule has 0 saturated carbocycles. The van der Waals surface area contributed by atoms with Gasteiger partial charge in [-0.1, -0.05) is 25.1 Å². The average molecular weight is 248 g/mol. The molecule has 2 rings (SSSR count). The van der Waals surface area contributed by atoms with E-state index >= 15 is 0 Å². The molecule has 0 radical (unpaired) electrons. The molecule has 1 unspecified atom stereocenters. The lowest BCUT2D eigenvalue weighted by Crippen LogP contribution is -2.58. The second-order valence-electron chi connectivity index (χ2n) is 5.20. The summed E-state index contributed by atoms with van der Waals surface area (Å²) >= 11 is 0. The zero-order chi connectivity index (χ0) is 13.0. The van der Waals surface area contributed by atoms with Gasteiger partial charge in [0, 0.05) is 18.8 Å². The summed E-state index contributed by atoms with van der Waals surface area (Å²) in [5.74, 6) is 0. The van der Waals surface area contributed by atoms with Crippen molar-refractivity contribution in [2.45, 2.75) is 31.7 Å². The molecule has 100 valence electrons. The lowest BCUT2D eigenvalue weighted by atomic mass is 9.89. The van der Waals surface area contributed by atoms with E-state index in [0.717, 1.165) is 32.4 Å². The SMILES string of the molecule is CCc1ccccc1N1CCCC(CO)(NC)C1. The number of benzene rings is 1. The monoisotopic (exact) mass is 248 g/mol. The Hall–Kier alpha value is -1.06. The van der Waals surface area contributed by atoms with Crippen LogP contribution in [0.25, 0.3) is 0 Å². The van der Waals surface area contributed by atoms with Crippen molar-refractivity contribution in [2.24, 2.45) is 0 Å². The van der Waals surface area contributed by atoms with Crippen LogP contribution in [-0.2, 0) is 6.42 Å². The smallest absolute Gasteiger partial charge is 0.0630 e. The number of piperidine rings is 1. The van der Waals surface area contributed by atoms with Gasteiger partial charge in [-0.2, -0.15) is 0 Å². The van der Waals surface area contributed by atoms with E-state index in [1.165, 1.54) is 11.3 Å². The highest BCUT2D eigenvalue weighted by Crippen LogP contribution is 2.28. The number of nitrogens with zero attached hydrogens (tertiary/aromatic N) is 1. The van der Waals surface area contributed by atoms with Crippen LogP contribution < -0.4 is 10.2 Å². The summed E-state index contributed by atoms with van der Waals surface area (Å²) in [6, 6.07) is 8.60. The fourth-order valence-electron chi connectivity index (χ4n) is 2.87. The first-order chi connectivity index (χ1) is 8.74. The van der Waals surface area contributed by atoms with Gasteiger partial charge in [-0.3, -0.25) is 0 Å². The molecule has 1 fully saturated rings. The summed E-state index contributed by atoms with van der Waals surface area (Å²) in [6.07, 6.45) is 3.22. The van der Waals surface area contributed by atoms with Gasteiger partial charge in [0.15, 0.2) is 0 Å². The van der Waals surface area contributed by atoms with Crippen LogP contribution in [-0.4, -0.2) is 37.4 Å². The third-order valence-electron chi connectivity index (χ3n) is 4.12. The van der Waals surface area contributed by atoms with E-state index in [-0.39, 0.29) is 12.1 Å². The Bertz CT molecular complexity index is 388. The number of hydrogen-bond donors (Lipinski definition) is 2. The maximum absolute atomic E-state index is 9.64. The zero-order valence-electron chi connectivity index (χ0n) is 11.4. The summed E-state index contributed by atoms with van der Waals surface area (Å²) < 4.78 is 0. The lowest BCUT2D eigenvalue weighted by Gasteiger charge is -2.43. The van der Waals surface area contributed by atoms with Crippen LogP contribution in [0.4, 0.5) is 5.69 Å². The Balaban J connectivity index is 2.23. The van der Waals surface area contributed by atoms with Crippen molar-refractivity contribution in [3.05, 3.63) is 29.8 Å². The average Bonchev–Trinajstić information content (AvgIpc) is 2.47. The van der Waals surface area contributed by atoms with E-state index in [1.54, 1.807) is 0 Å². The minimum Gasteiger partial charge on any atom is -0.394 e. The maximum atomic E-state index is 9.64. The molecule has 1 atom stereocenters. The third kappa shape index (κ3) is 2.52. The molecule has 3 nitrogen and oxygen atoms in total. The fourth-order valence-corrected chi connectivity index (χ4v) is 2.87. The Morgan fingerprint density at radius 3 is 2.83 bits per heavy atom. The normalized spacial score (nSPS) is 24.3. The van der Waals surface area contributed by atoms with Crippen LogP contribution >= 0.6 is 0 Å². The zero-order valence-corrected chi connectivity index (χ0v) is 11.4. The van der Waals surface area contributed by atoms with E-state index < -0.39 is 0 Å². The number of aliphatic hydroxyl groups excluding tert-OH is 1. The highest BCUT2D eigenvalue weighted by atomic mass is 16.3. The highest BCUT2D eigenvalue weighted by Gasteiger charge is 2.33. The van der Waals surface area contributed by atoms with Crippen molar-refractivity contribution in [3.63, 3.8) is 0 Å². The minimum absolute atomic E-state index is 0.140. The number of likely N-dealkylation sites (N-methyl/N-ethyl adjacent to an activating group) is 1. The van der Waals surface area contributed by atoms with E-state index in [1.807, 2.05) is 7.05 Å². The topological polar surface area (TPSA) is 35.5 Å². The summed E-state index contributed by atoms with van der Waals surface area (Å²) in [4.78, 5) is 2.41. The molecule has 1 aromatic rings. The third-order valence-corrected chi connectivity index (χ3v) is 4.12. The van der Waals surface area contributed by atoms with Crippen molar-refractivity contribution < 1.29 is 5.11 Å². The Morgan fingerprint density at radius 1 is 1.39 bits per heavy atom. The molecule has 1 saturated heterocycles. The number of rotatable bonds is 4. The van der Waals surface area contributed by atoms with Crippen LogP contribution in [0.3, 0.4) is 0 Å². The van der Waals surface area contributed by atoms with E-state index in [0.29, 0.717) is 0 Å². The number of nitrogens with one attached hydrogen (secondary N) is 1. The molecule has 0 bridgehead atoms. The maximum Gasteiger partial charge on any atom is 0.0630 e. The number of anilines is 1. The Morgan fingerprint density at radius 2 is 2.17 bits per heavy atom. The van der Waals surface area contributed by atoms with Gasteiger partial charge in [0.05, 0.1) is 12.1 Å². The number of aryl methyl sites for hydroxylation is 1. The van der Waals surface area contributed by atoms with Gasteiger partial charge < -0.3 is 15.3 Å². The quantitative estimate of drug-likeness (QED) is 0.853. The highest BCUT2D eigenvalue weighted by molar-refractivity contribution is 5.54. The van der Waals surface area contributed by atoms with E-state index in [4.69, 9.17) is 0 Å². The van der Waals surface area contributed by atoms with Crippen molar-refractivity contribution >= 4 is 5.69 Å². The molecular weight excluding hydrogens is 224 g/mol. The van der Waals surface area contributed by atoms with Crippen molar-refractivity contribution in [1.29, 1.82) is 0 Å². The number of hydrogen-bond acceptors (Lipinski definition) is 3. The molecule has 1 heterocycles. The first kappa shape index (κ1) is 13.4. The lowest BCUT2D eigenvalue weighted by molar-refractivity contribution is 0.149. The summed E-state index contributed by atoms with van der Waals surface area (Å²) in [6.45, 7) is 4.37. The molecule has 1 aliphatic rings. The largest absolute Gasteiger partial charge is 0.394 e. The summed E-state index contributed by atoms with van der Waals surface area (Å²) in [5, 5.41) is 13.0. The molecule has 18 heavy (non-hydrogen) atoms. The molecular formula is C15H24N2O. The first-order valence-corrected chi connectivity index (χ1v) is 6.87. The predicted octanol–water partition coefficient (Wildman–Crippen LogP) is 1.80. The first-order valence-electron chi connectivity index (χ1n) is 6.87. The van der Waals surface area contributed by atoms with Crippen molar-refractivity contribution in [1.82, 2.24) is 5.32 Å². The predicted molar refractivity (Wildman–Crippen MR) is 76.1 cm³/mol. The molecule has 3 heteroatoms. The summed E-state index contributed by atoms with van der Waals surface area (Å²) in [7, 11) is 1.95. The van der Waals surface area contributed by atoms with Crippen LogP contribution in [0.15, 0.2) is 24.3 Å². The Kier molecular flexibility index (Phi) is 4.25. The standard InChI is InChI=1S/C15H24N2O/c1-3-13-7-4-5-8-14(13)17-10-6-9-15(11-17,12-18)16-2/h4-5,7-8,16,18H,3,6,9-12H2,1-2H3. The second kappa shape index (κ2) is 5.72. The van der Waals surface area contributed by atoms with Crippen LogP contribution in [0.1, 0.15) is 25.3 Å². The van der Waals surface area contributed by atoms with Crippen molar-refractivity contribution in [3.8, 4) is 0 Å². The van der Waals surface area contributed by atoms with E-state index in [2.05, 4.69) is 41.4 Å². The molecule has 0 spiro atoms. The van der Waals surface area contributed by atoms with E-state index in [9.17, 15) is 5.11 Å². The second-order valence-corrected chi connectivity index (χ2v) is 5.20. The molecule has 2 N–H and O–H groups in total.